The van der Waals surface area contributed by atoms with Gasteiger partial charge in [-0.1, -0.05) is 18.2 Å². The van der Waals surface area contributed by atoms with Gasteiger partial charge in [-0.25, -0.2) is 0 Å². The maximum absolute atomic E-state index is 5.56. The first-order valence-corrected chi connectivity index (χ1v) is 4.91. The Labute approximate surface area is 84.4 Å². The molecule has 74 valence electrons. The van der Waals surface area contributed by atoms with Crippen molar-refractivity contribution in [1.82, 2.24) is 0 Å². The maximum Gasteiger partial charge on any atom is 0.119 e. The Morgan fingerprint density at radius 1 is 1.43 bits per heavy atom. The second-order valence-electron chi connectivity index (χ2n) is 3.54. The second kappa shape index (κ2) is 3.84. The Morgan fingerprint density at radius 3 is 3.00 bits per heavy atom. The standard InChI is InChI=1S/C12H15NO/c1-14-11-4-5-12-9(6-7-13)2-3-10(12)8-11/h2-5,8-9H,6-7,13H2,1H3. The second-order valence-corrected chi connectivity index (χ2v) is 3.54. The van der Waals surface area contributed by atoms with Crippen molar-refractivity contribution in [2.75, 3.05) is 13.7 Å². The van der Waals surface area contributed by atoms with Gasteiger partial charge in [0.1, 0.15) is 5.75 Å². The van der Waals surface area contributed by atoms with Crippen LogP contribution in [0.4, 0.5) is 0 Å². The van der Waals surface area contributed by atoms with Gasteiger partial charge in [-0.3, -0.25) is 0 Å². The molecule has 1 aliphatic rings. The molecule has 2 rings (SSSR count). The third kappa shape index (κ3) is 1.53. The molecule has 1 unspecified atom stereocenters. The average Bonchev–Trinajstić information content (AvgIpc) is 2.61. The molecule has 0 saturated carbocycles. The minimum absolute atomic E-state index is 0.501. The van der Waals surface area contributed by atoms with Crippen molar-refractivity contribution in [3.8, 4) is 5.75 Å². The number of ether oxygens (including phenoxy) is 1. The fourth-order valence-corrected chi connectivity index (χ4v) is 1.92. The van der Waals surface area contributed by atoms with E-state index in [4.69, 9.17) is 10.5 Å². The molecule has 0 amide bonds. The highest BCUT2D eigenvalue weighted by molar-refractivity contribution is 5.64. The van der Waals surface area contributed by atoms with Crippen LogP contribution < -0.4 is 10.5 Å². The van der Waals surface area contributed by atoms with Crippen LogP contribution in [0.5, 0.6) is 5.75 Å². The van der Waals surface area contributed by atoms with Gasteiger partial charge in [-0.15, -0.1) is 0 Å². The first-order chi connectivity index (χ1) is 6.85. The zero-order valence-electron chi connectivity index (χ0n) is 8.36. The highest BCUT2D eigenvalue weighted by Crippen LogP contribution is 2.34. The predicted octanol–water partition coefficient (Wildman–Crippen LogP) is 2.15. The summed E-state index contributed by atoms with van der Waals surface area (Å²) in [6, 6.07) is 6.21. The Kier molecular flexibility index (Phi) is 2.55. The molecule has 1 aromatic carbocycles. The summed E-state index contributed by atoms with van der Waals surface area (Å²) in [6.07, 6.45) is 5.39. The van der Waals surface area contributed by atoms with Crippen LogP contribution in [-0.2, 0) is 0 Å². The Balaban J connectivity index is 2.29. The molecule has 1 aromatic rings. The van der Waals surface area contributed by atoms with Crippen LogP contribution in [0, 0.1) is 0 Å². The molecule has 14 heavy (non-hydrogen) atoms. The van der Waals surface area contributed by atoms with Crippen LogP contribution in [0.15, 0.2) is 24.3 Å². The van der Waals surface area contributed by atoms with Crippen LogP contribution in [0.1, 0.15) is 23.5 Å². The molecular weight excluding hydrogens is 174 g/mol. The van der Waals surface area contributed by atoms with E-state index in [-0.39, 0.29) is 0 Å². The van der Waals surface area contributed by atoms with Crippen molar-refractivity contribution >= 4 is 6.08 Å². The van der Waals surface area contributed by atoms with E-state index in [1.165, 1.54) is 11.1 Å². The number of allylic oxidation sites excluding steroid dienone is 1. The van der Waals surface area contributed by atoms with E-state index in [1.54, 1.807) is 7.11 Å². The molecule has 2 nitrogen and oxygen atoms in total. The summed E-state index contributed by atoms with van der Waals surface area (Å²) in [5, 5.41) is 0. The van der Waals surface area contributed by atoms with Crippen LogP contribution in [0.2, 0.25) is 0 Å². The van der Waals surface area contributed by atoms with E-state index in [1.807, 2.05) is 6.07 Å². The van der Waals surface area contributed by atoms with Gasteiger partial charge in [-0.05, 0) is 36.2 Å². The van der Waals surface area contributed by atoms with Gasteiger partial charge in [0.25, 0.3) is 0 Å². The molecule has 2 N–H and O–H groups in total. The Hall–Kier alpha value is -1.28. The Morgan fingerprint density at radius 2 is 2.29 bits per heavy atom. The van der Waals surface area contributed by atoms with E-state index < -0.39 is 0 Å². The Bertz CT molecular complexity index is 357. The number of rotatable bonds is 3. The number of methoxy groups -OCH3 is 1. The highest BCUT2D eigenvalue weighted by Gasteiger charge is 2.16. The molecule has 0 aromatic heterocycles. The molecule has 0 saturated heterocycles. The molecule has 2 heteroatoms. The topological polar surface area (TPSA) is 35.2 Å². The smallest absolute Gasteiger partial charge is 0.119 e. The quantitative estimate of drug-likeness (QED) is 0.790. The SMILES string of the molecule is COc1ccc2c(c1)C=CC2CCN. The van der Waals surface area contributed by atoms with E-state index in [0.29, 0.717) is 5.92 Å². The third-order valence-electron chi connectivity index (χ3n) is 2.68. The monoisotopic (exact) mass is 189 g/mol. The average molecular weight is 189 g/mol. The molecule has 1 atom stereocenters. The first-order valence-electron chi connectivity index (χ1n) is 4.91. The molecule has 0 fully saturated rings. The van der Waals surface area contributed by atoms with Gasteiger partial charge in [0.2, 0.25) is 0 Å². The molecule has 1 aliphatic carbocycles. The third-order valence-corrected chi connectivity index (χ3v) is 2.68. The number of hydrogen-bond acceptors (Lipinski definition) is 2. The minimum atomic E-state index is 0.501. The molecule has 0 radical (unpaired) electrons. The van der Waals surface area contributed by atoms with E-state index in [2.05, 4.69) is 24.3 Å². The lowest BCUT2D eigenvalue weighted by molar-refractivity contribution is 0.414. The largest absolute Gasteiger partial charge is 0.497 e. The summed E-state index contributed by atoms with van der Waals surface area (Å²) in [5.41, 5.74) is 8.20. The van der Waals surface area contributed by atoms with Gasteiger partial charge in [0.15, 0.2) is 0 Å². The van der Waals surface area contributed by atoms with E-state index in [0.717, 1.165) is 18.7 Å². The summed E-state index contributed by atoms with van der Waals surface area (Å²) in [6.45, 7) is 0.737. The van der Waals surface area contributed by atoms with E-state index in [9.17, 15) is 0 Å². The summed E-state index contributed by atoms with van der Waals surface area (Å²) < 4.78 is 5.18. The fourth-order valence-electron chi connectivity index (χ4n) is 1.92. The minimum Gasteiger partial charge on any atom is -0.497 e. The lowest BCUT2D eigenvalue weighted by atomic mass is 9.97. The summed E-state index contributed by atoms with van der Waals surface area (Å²) in [5.74, 6) is 1.42. The number of fused-ring (bicyclic) bond motifs is 1. The zero-order chi connectivity index (χ0) is 9.97. The van der Waals surface area contributed by atoms with Crippen molar-refractivity contribution in [1.29, 1.82) is 0 Å². The lowest BCUT2D eigenvalue weighted by Crippen LogP contribution is -2.04. The van der Waals surface area contributed by atoms with Crippen LogP contribution >= 0.6 is 0 Å². The number of nitrogens with two attached hydrogens (primary N) is 1. The van der Waals surface area contributed by atoms with Gasteiger partial charge in [0, 0.05) is 5.92 Å². The summed E-state index contributed by atoms with van der Waals surface area (Å²) >= 11 is 0. The van der Waals surface area contributed by atoms with Crippen LogP contribution in [0.3, 0.4) is 0 Å². The van der Waals surface area contributed by atoms with Crippen molar-refractivity contribution in [3.63, 3.8) is 0 Å². The molecule has 0 aliphatic heterocycles. The molecule has 0 bridgehead atoms. The number of hydrogen-bond donors (Lipinski definition) is 1. The first kappa shape index (κ1) is 9.28. The maximum atomic E-state index is 5.56. The van der Waals surface area contributed by atoms with Crippen molar-refractivity contribution < 1.29 is 4.74 Å². The molecule has 0 spiro atoms. The van der Waals surface area contributed by atoms with Gasteiger partial charge < -0.3 is 10.5 Å². The lowest BCUT2D eigenvalue weighted by Gasteiger charge is -2.10. The highest BCUT2D eigenvalue weighted by atomic mass is 16.5. The summed E-state index contributed by atoms with van der Waals surface area (Å²) in [7, 11) is 1.69. The van der Waals surface area contributed by atoms with Crippen LogP contribution in [-0.4, -0.2) is 13.7 Å². The number of benzene rings is 1. The van der Waals surface area contributed by atoms with Crippen molar-refractivity contribution in [2.45, 2.75) is 12.3 Å². The normalized spacial score (nSPS) is 18.3. The van der Waals surface area contributed by atoms with Gasteiger partial charge in [0.05, 0.1) is 7.11 Å². The van der Waals surface area contributed by atoms with Gasteiger partial charge in [-0.2, -0.15) is 0 Å². The van der Waals surface area contributed by atoms with Gasteiger partial charge >= 0.3 is 0 Å². The fraction of sp³-hybridized carbons (Fsp3) is 0.333. The van der Waals surface area contributed by atoms with E-state index >= 15 is 0 Å². The van der Waals surface area contributed by atoms with Crippen molar-refractivity contribution in [3.05, 3.63) is 35.4 Å². The summed E-state index contributed by atoms with van der Waals surface area (Å²) in [4.78, 5) is 0. The van der Waals surface area contributed by atoms with Crippen molar-refractivity contribution in [2.24, 2.45) is 5.73 Å². The molecule has 0 heterocycles. The van der Waals surface area contributed by atoms with Crippen LogP contribution in [0.25, 0.3) is 6.08 Å². The predicted molar refractivity (Wildman–Crippen MR) is 58.4 cm³/mol. The molecular formula is C12H15NO. The zero-order valence-corrected chi connectivity index (χ0v) is 8.36.